The van der Waals surface area contributed by atoms with E-state index in [2.05, 4.69) is 33.2 Å². The minimum atomic E-state index is -0.981. The van der Waals surface area contributed by atoms with Crippen molar-refractivity contribution in [2.45, 2.75) is 38.6 Å². The molecule has 0 radical (unpaired) electrons. The number of carboxylic acid groups (broad SMARTS) is 3. The van der Waals surface area contributed by atoms with Gasteiger partial charge in [-0.2, -0.15) is 0 Å². The van der Waals surface area contributed by atoms with Crippen LogP contribution in [0.25, 0.3) is 6.08 Å². The van der Waals surface area contributed by atoms with Crippen molar-refractivity contribution in [1.82, 2.24) is 0 Å². The van der Waals surface area contributed by atoms with Crippen LogP contribution in [0.5, 0.6) is 0 Å². The summed E-state index contributed by atoms with van der Waals surface area (Å²) in [5, 5.41) is 24.9. The molecule has 0 atom stereocenters. The second-order valence-electron chi connectivity index (χ2n) is 5.54. The van der Waals surface area contributed by atoms with Crippen molar-refractivity contribution in [3.05, 3.63) is 79.4 Å². The quantitative estimate of drug-likeness (QED) is 0.367. The van der Waals surface area contributed by atoms with E-state index in [0.29, 0.717) is 0 Å². The van der Waals surface area contributed by atoms with E-state index in [9.17, 15) is 14.4 Å². The molecule has 1 aromatic rings. The van der Waals surface area contributed by atoms with Crippen LogP contribution in [0.4, 0.5) is 0 Å². The van der Waals surface area contributed by atoms with Crippen LogP contribution >= 0.6 is 0 Å². The number of benzene rings is 1. The van der Waals surface area contributed by atoms with Crippen molar-refractivity contribution in [2.24, 2.45) is 0 Å². The molecule has 0 aliphatic heterocycles. The van der Waals surface area contributed by atoms with Crippen LogP contribution in [-0.4, -0.2) is 33.2 Å². The molecule has 30 heavy (non-hydrogen) atoms. The molecule has 0 aromatic heterocycles. The van der Waals surface area contributed by atoms with E-state index in [1.165, 1.54) is 55.6 Å². The predicted molar refractivity (Wildman–Crippen MR) is 119 cm³/mol. The number of carbonyl (C=O) groups is 3. The third-order valence-electron chi connectivity index (χ3n) is 2.54. The molecule has 0 saturated carbocycles. The van der Waals surface area contributed by atoms with Crippen LogP contribution in [0.15, 0.2) is 73.9 Å². The number of hydrogen-bond acceptors (Lipinski definition) is 3. The molecule has 0 bridgehead atoms. The van der Waals surface area contributed by atoms with E-state index in [1.807, 2.05) is 36.4 Å². The van der Waals surface area contributed by atoms with Gasteiger partial charge in [0.15, 0.2) is 0 Å². The Labute approximate surface area is 190 Å². The molecule has 0 fully saturated rings. The summed E-state index contributed by atoms with van der Waals surface area (Å²) >= 11 is 1.48. The van der Waals surface area contributed by atoms with Crippen molar-refractivity contribution in [3.63, 3.8) is 0 Å². The number of aliphatic carboxylic acids is 3. The molecular weight excluding hydrogens is 438 g/mol. The van der Waals surface area contributed by atoms with E-state index in [1.54, 1.807) is 0 Å². The van der Waals surface area contributed by atoms with Crippen molar-refractivity contribution >= 4 is 24.0 Å². The third-order valence-corrected chi connectivity index (χ3v) is 3.59. The van der Waals surface area contributed by atoms with Gasteiger partial charge in [-0.3, -0.25) is 0 Å². The Morgan fingerprint density at radius 1 is 0.933 bits per heavy atom. The monoisotopic (exact) mass is 469 g/mol. The number of unbranched alkanes of at least 4 members (excludes halogenated alkanes) is 1. The molecule has 0 aliphatic carbocycles. The van der Waals surface area contributed by atoms with E-state index in [0.717, 1.165) is 6.08 Å². The molecule has 0 saturated heterocycles. The van der Waals surface area contributed by atoms with Gasteiger partial charge < -0.3 is 15.3 Å². The molecule has 163 valence electrons. The summed E-state index contributed by atoms with van der Waals surface area (Å²) in [5.74, 6) is -2.85. The van der Waals surface area contributed by atoms with Crippen molar-refractivity contribution in [3.8, 4) is 0 Å². The summed E-state index contributed by atoms with van der Waals surface area (Å²) in [5.41, 5.74) is 1.53. The second-order valence-corrected chi connectivity index (χ2v) is 7.02. The van der Waals surface area contributed by atoms with E-state index in [4.69, 9.17) is 15.3 Å². The summed E-state index contributed by atoms with van der Waals surface area (Å²) in [6.07, 6.45) is 5.49. The molecule has 0 heterocycles. The topological polar surface area (TPSA) is 112 Å². The standard InChI is InChI=1S/C8H8.2C4H6O2.C4H9.C3H4O2.Zn/c1-2-8-6-4-3-5-7-8;2*1-3(2)4(5)6;1-3-4-2;1-2-3(4)5;/h2-7H,1H2;2*1H2,2H3,(H,5,6);1,3-4H2,2H3;2H,1H2,(H,4,5);. The van der Waals surface area contributed by atoms with Gasteiger partial charge in [0, 0.05) is 17.2 Å². The predicted octanol–water partition coefficient (Wildman–Crippen LogP) is 5.63. The Hall–Kier alpha value is -2.79. The Morgan fingerprint density at radius 3 is 1.37 bits per heavy atom. The maximum atomic E-state index is 9.60. The zero-order valence-electron chi connectivity index (χ0n) is 18.3. The summed E-state index contributed by atoms with van der Waals surface area (Å²) in [7, 11) is 0. The Kier molecular flexibility index (Phi) is 30.3. The third kappa shape index (κ3) is 40.0. The van der Waals surface area contributed by atoms with Gasteiger partial charge in [-0.05, 0) is 19.4 Å². The van der Waals surface area contributed by atoms with Crippen molar-refractivity contribution in [2.75, 3.05) is 0 Å². The Morgan fingerprint density at radius 2 is 1.27 bits per heavy atom. The first-order valence-corrected chi connectivity index (χ1v) is 11.1. The molecule has 0 unspecified atom stereocenters. The molecule has 0 amide bonds. The average Bonchev–Trinajstić information content (AvgIpc) is 2.71. The van der Waals surface area contributed by atoms with Gasteiger partial charge in [0.1, 0.15) is 0 Å². The molecule has 1 rings (SSSR count). The second kappa shape index (κ2) is 26.2. The first-order chi connectivity index (χ1) is 13.9. The van der Waals surface area contributed by atoms with Crippen LogP contribution in [-0.2, 0) is 32.7 Å². The van der Waals surface area contributed by atoms with Gasteiger partial charge in [-0.1, -0.05) is 62.7 Å². The van der Waals surface area contributed by atoms with E-state index >= 15 is 0 Å². The van der Waals surface area contributed by atoms with E-state index in [-0.39, 0.29) is 11.1 Å². The Bertz CT molecular complexity index is 601. The summed E-state index contributed by atoms with van der Waals surface area (Å²) in [6, 6.07) is 10.0. The van der Waals surface area contributed by atoms with Gasteiger partial charge >= 0.3 is 61.0 Å². The number of carboxylic acids is 3. The van der Waals surface area contributed by atoms with Crippen LogP contribution < -0.4 is 0 Å². The van der Waals surface area contributed by atoms with Crippen LogP contribution in [0, 0.1) is 0 Å². The molecule has 0 aliphatic rings. The molecule has 6 nitrogen and oxygen atoms in total. The fourth-order valence-corrected chi connectivity index (χ4v) is 1.89. The van der Waals surface area contributed by atoms with Gasteiger partial charge in [0.25, 0.3) is 0 Å². The number of rotatable bonds is 6. The average molecular weight is 471 g/mol. The molecular formula is C23H33O6Zn. The summed E-state index contributed by atoms with van der Waals surface area (Å²) < 4.78 is 0. The molecule has 0 spiro atoms. The first-order valence-electron chi connectivity index (χ1n) is 9.00. The van der Waals surface area contributed by atoms with E-state index < -0.39 is 17.9 Å². The first kappa shape index (κ1) is 34.7. The summed E-state index contributed by atoms with van der Waals surface area (Å²) in [4.78, 5) is 28.4. The normalized spacial score (nSPS) is 7.77. The van der Waals surface area contributed by atoms with Crippen molar-refractivity contribution < 1.29 is 48.0 Å². The van der Waals surface area contributed by atoms with Gasteiger partial charge in [-0.25, -0.2) is 14.4 Å². The molecule has 1 aromatic carbocycles. The molecule has 3 N–H and O–H groups in total. The molecule has 7 heteroatoms. The van der Waals surface area contributed by atoms with Crippen LogP contribution in [0.1, 0.15) is 39.2 Å². The zero-order chi connectivity index (χ0) is 24.5. The Balaban J connectivity index is -0.000000143. The fraction of sp³-hybridized carbons (Fsp3) is 0.261. The maximum absolute atomic E-state index is 9.60. The minimum absolute atomic E-state index is 0.176. The zero-order valence-corrected chi connectivity index (χ0v) is 21.2. The number of hydrogen-bond donors (Lipinski definition) is 3. The van der Waals surface area contributed by atoms with Crippen LogP contribution in [0.2, 0.25) is 5.02 Å². The van der Waals surface area contributed by atoms with Crippen molar-refractivity contribution in [1.29, 1.82) is 0 Å². The van der Waals surface area contributed by atoms with Gasteiger partial charge in [0.2, 0.25) is 0 Å². The SMILES string of the molecule is C=C(C)C(=O)O.C=C(C)C(=O)O.C=CC(=O)O.C=Cc1ccccc1.CCC[CH2][Zn]. The fourth-order valence-electron chi connectivity index (χ4n) is 0.839. The van der Waals surface area contributed by atoms with Crippen LogP contribution in [0.3, 0.4) is 0 Å². The van der Waals surface area contributed by atoms with Gasteiger partial charge in [-0.15, -0.1) is 0 Å². The summed E-state index contributed by atoms with van der Waals surface area (Å²) in [6.45, 7) is 18.0. The van der Waals surface area contributed by atoms with Gasteiger partial charge in [0.05, 0.1) is 0 Å².